The Balaban J connectivity index is 2.04. The molecule has 0 saturated carbocycles. The van der Waals surface area contributed by atoms with E-state index >= 15 is 0 Å². The van der Waals surface area contributed by atoms with Gasteiger partial charge >= 0.3 is 0 Å². The lowest BCUT2D eigenvalue weighted by atomic mass is 10.0. The van der Waals surface area contributed by atoms with Crippen LogP contribution < -0.4 is 4.74 Å². The number of pyridine rings is 1. The van der Waals surface area contributed by atoms with E-state index in [1.54, 1.807) is 20.3 Å². The quantitative estimate of drug-likeness (QED) is 0.820. The van der Waals surface area contributed by atoms with Crippen LogP contribution >= 0.6 is 0 Å². The first-order valence-corrected chi connectivity index (χ1v) is 7.38. The van der Waals surface area contributed by atoms with Gasteiger partial charge < -0.3 is 19.1 Å². The molecule has 1 aromatic heterocycles. The van der Waals surface area contributed by atoms with E-state index in [4.69, 9.17) is 14.2 Å². The predicted octanol–water partition coefficient (Wildman–Crippen LogP) is 1.29. The smallest absolute Gasteiger partial charge is 0.228 e. The highest BCUT2D eigenvalue weighted by molar-refractivity contribution is 5.78. The summed E-state index contributed by atoms with van der Waals surface area (Å²) in [6.45, 7) is 5.55. The molecule has 6 heteroatoms. The molecule has 0 bridgehead atoms. The average Bonchev–Trinajstić information content (AvgIpc) is 2.46. The zero-order chi connectivity index (χ0) is 16.2. The van der Waals surface area contributed by atoms with Gasteiger partial charge in [-0.05, 0) is 19.9 Å². The highest BCUT2D eigenvalue weighted by Crippen LogP contribution is 2.22. The van der Waals surface area contributed by atoms with Crippen LogP contribution in [0.3, 0.4) is 0 Å². The summed E-state index contributed by atoms with van der Waals surface area (Å²) in [7, 11) is 3.20. The Hall–Kier alpha value is -1.66. The van der Waals surface area contributed by atoms with Gasteiger partial charge in [0.1, 0.15) is 0 Å². The number of carbonyl (C=O) groups is 1. The van der Waals surface area contributed by atoms with Crippen LogP contribution in [-0.2, 0) is 20.7 Å². The van der Waals surface area contributed by atoms with Crippen molar-refractivity contribution >= 4 is 5.91 Å². The van der Waals surface area contributed by atoms with Crippen molar-refractivity contribution in [3.8, 4) is 5.88 Å². The third-order valence-corrected chi connectivity index (χ3v) is 3.51. The maximum absolute atomic E-state index is 12.6. The third-order valence-electron chi connectivity index (χ3n) is 3.51. The highest BCUT2D eigenvalue weighted by Gasteiger charge is 2.35. The standard InChI is InChI=1S/C16H24N2O4/c1-16(2)11-18(9-13(22-16)10-20-3)15(19)8-12-6-5-7-14(17-12)21-4/h5-7,13H,8-11H2,1-4H3. The van der Waals surface area contributed by atoms with Crippen molar-refractivity contribution < 1.29 is 19.0 Å². The summed E-state index contributed by atoms with van der Waals surface area (Å²) in [5.74, 6) is 0.558. The van der Waals surface area contributed by atoms with Crippen LogP contribution in [0.5, 0.6) is 5.88 Å². The fraction of sp³-hybridized carbons (Fsp3) is 0.625. The first-order chi connectivity index (χ1) is 10.4. The van der Waals surface area contributed by atoms with Crippen LogP contribution in [0, 0.1) is 0 Å². The lowest BCUT2D eigenvalue weighted by molar-refractivity contribution is -0.168. The molecule has 1 aromatic rings. The van der Waals surface area contributed by atoms with E-state index in [2.05, 4.69) is 4.98 Å². The molecule has 0 aromatic carbocycles. The summed E-state index contributed by atoms with van der Waals surface area (Å²) < 4.78 is 16.2. The van der Waals surface area contributed by atoms with Crippen LogP contribution in [0.1, 0.15) is 19.5 Å². The Morgan fingerprint density at radius 1 is 1.45 bits per heavy atom. The molecule has 1 aliphatic rings. The van der Waals surface area contributed by atoms with Gasteiger partial charge in [-0.3, -0.25) is 4.79 Å². The molecule has 2 heterocycles. The summed E-state index contributed by atoms with van der Waals surface area (Å²) >= 11 is 0. The number of aromatic nitrogens is 1. The van der Waals surface area contributed by atoms with Crippen molar-refractivity contribution in [2.24, 2.45) is 0 Å². The monoisotopic (exact) mass is 308 g/mol. The van der Waals surface area contributed by atoms with Crippen molar-refractivity contribution in [2.75, 3.05) is 33.9 Å². The van der Waals surface area contributed by atoms with Crippen molar-refractivity contribution in [3.05, 3.63) is 23.9 Å². The molecule has 0 N–H and O–H groups in total. The molecular formula is C16H24N2O4. The summed E-state index contributed by atoms with van der Waals surface area (Å²) in [6.07, 6.45) is 0.156. The van der Waals surface area contributed by atoms with Crippen LogP contribution in [0.2, 0.25) is 0 Å². The normalized spacial score (nSPS) is 20.7. The summed E-state index contributed by atoms with van der Waals surface area (Å²) in [4.78, 5) is 18.7. The van der Waals surface area contributed by atoms with Crippen LogP contribution in [0.25, 0.3) is 0 Å². The van der Waals surface area contributed by atoms with Gasteiger partial charge in [0.15, 0.2) is 0 Å². The Morgan fingerprint density at radius 3 is 2.91 bits per heavy atom. The second-order valence-corrected chi connectivity index (χ2v) is 6.08. The number of nitrogens with zero attached hydrogens (tertiary/aromatic N) is 2. The molecule has 6 nitrogen and oxygen atoms in total. The largest absolute Gasteiger partial charge is 0.481 e. The van der Waals surface area contributed by atoms with Crippen LogP contribution in [0.15, 0.2) is 18.2 Å². The van der Waals surface area contributed by atoms with E-state index in [1.165, 1.54) is 0 Å². The summed E-state index contributed by atoms with van der Waals surface area (Å²) in [5.41, 5.74) is 0.329. The van der Waals surface area contributed by atoms with Gasteiger partial charge in [0.05, 0.1) is 37.5 Å². The molecule has 1 saturated heterocycles. The van der Waals surface area contributed by atoms with Crippen LogP contribution in [-0.4, -0.2) is 61.4 Å². The fourth-order valence-electron chi connectivity index (χ4n) is 2.69. The lowest BCUT2D eigenvalue weighted by Crippen LogP contribution is -2.56. The molecule has 1 aliphatic heterocycles. The second kappa shape index (κ2) is 7.07. The van der Waals surface area contributed by atoms with E-state index in [0.717, 1.165) is 0 Å². The van der Waals surface area contributed by atoms with Crippen molar-refractivity contribution in [1.82, 2.24) is 9.88 Å². The molecule has 22 heavy (non-hydrogen) atoms. The number of hydrogen-bond acceptors (Lipinski definition) is 5. The maximum atomic E-state index is 12.6. The maximum Gasteiger partial charge on any atom is 0.228 e. The number of carbonyl (C=O) groups excluding carboxylic acids is 1. The van der Waals surface area contributed by atoms with Gasteiger partial charge in [0.2, 0.25) is 11.8 Å². The highest BCUT2D eigenvalue weighted by atomic mass is 16.5. The fourth-order valence-corrected chi connectivity index (χ4v) is 2.69. The minimum Gasteiger partial charge on any atom is -0.481 e. The third kappa shape index (κ3) is 4.42. The molecular weight excluding hydrogens is 284 g/mol. The van der Waals surface area contributed by atoms with Gasteiger partial charge in [0.25, 0.3) is 0 Å². The van der Waals surface area contributed by atoms with Crippen LogP contribution in [0.4, 0.5) is 0 Å². The topological polar surface area (TPSA) is 60.9 Å². The number of methoxy groups -OCH3 is 2. The van der Waals surface area contributed by atoms with Crippen molar-refractivity contribution in [3.63, 3.8) is 0 Å². The molecule has 0 radical (unpaired) electrons. The van der Waals surface area contributed by atoms with Gasteiger partial charge in [-0.1, -0.05) is 6.07 Å². The van der Waals surface area contributed by atoms with Crippen molar-refractivity contribution in [2.45, 2.75) is 32.0 Å². The molecule has 1 unspecified atom stereocenters. The minimum absolute atomic E-state index is 0.0400. The molecule has 122 valence electrons. The zero-order valence-electron chi connectivity index (χ0n) is 13.7. The first kappa shape index (κ1) is 16.7. The average molecular weight is 308 g/mol. The van der Waals surface area contributed by atoms with Gasteiger partial charge in [0, 0.05) is 26.3 Å². The van der Waals surface area contributed by atoms with E-state index in [0.29, 0.717) is 31.3 Å². The Labute approximate surface area is 131 Å². The summed E-state index contributed by atoms with van der Waals surface area (Å²) in [6, 6.07) is 5.44. The predicted molar refractivity (Wildman–Crippen MR) is 81.9 cm³/mol. The van der Waals surface area contributed by atoms with E-state index in [1.807, 2.05) is 30.9 Å². The molecule has 1 amide bonds. The Kier molecular flexibility index (Phi) is 5.37. The summed E-state index contributed by atoms with van der Waals surface area (Å²) in [5, 5.41) is 0. The van der Waals surface area contributed by atoms with Gasteiger partial charge in [-0.2, -0.15) is 0 Å². The number of morpholine rings is 1. The number of amides is 1. The molecule has 2 rings (SSSR count). The Bertz CT molecular complexity index is 519. The first-order valence-electron chi connectivity index (χ1n) is 7.38. The molecule has 1 fully saturated rings. The minimum atomic E-state index is -0.376. The Morgan fingerprint density at radius 2 is 2.23 bits per heavy atom. The van der Waals surface area contributed by atoms with E-state index < -0.39 is 0 Å². The van der Waals surface area contributed by atoms with E-state index in [-0.39, 0.29) is 24.0 Å². The number of rotatable bonds is 5. The van der Waals surface area contributed by atoms with E-state index in [9.17, 15) is 4.79 Å². The number of hydrogen-bond donors (Lipinski definition) is 0. The molecule has 0 aliphatic carbocycles. The molecule has 0 spiro atoms. The second-order valence-electron chi connectivity index (χ2n) is 6.08. The number of ether oxygens (including phenoxy) is 3. The van der Waals surface area contributed by atoms with Gasteiger partial charge in [-0.15, -0.1) is 0 Å². The van der Waals surface area contributed by atoms with Gasteiger partial charge in [-0.25, -0.2) is 4.98 Å². The van der Waals surface area contributed by atoms with Crippen molar-refractivity contribution in [1.29, 1.82) is 0 Å². The lowest BCUT2D eigenvalue weighted by Gasteiger charge is -2.42. The zero-order valence-corrected chi connectivity index (χ0v) is 13.7. The molecule has 1 atom stereocenters. The SMILES string of the molecule is COCC1CN(C(=O)Cc2cccc(OC)n2)CC(C)(C)O1.